The van der Waals surface area contributed by atoms with Gasteiger partial charge in [0.2, 0.25) is 11.8 Å². The smallest absolute Gasteiger partial charge is 0.329 e. The number of thioether (sulfide) groups is 1. The van der Waals surface area contributed by atoms with Crippen molar-refractivity contribution in [2.24, 2.45) is 5.73 Å². The molecule has 5 atom stereocenters. The molecule has 2 fully saturated rings. The van der Waals surface area contributed by atoms with Gasteiger partial charge >= 0.3 is 5.97 Å². The number of hydrogen-bond donors (Lipinski definition) is 4. The van der Waals surface area contributed by atoms with Crippen molar-refractivity contribution >= 4 is 29.5 Å². The minimum absolute atomic E-state index is 0.148. The molecule has 0 aromatic heterocycles. The quantitative estimate of drug-likeness (QED) is 0.518. The number of carboxylic acids is 1. The first-order chi connectivity index (χ1) is 11.7. The molecular weight excluding hydrogens is 346 g/mol. The number of amides is 2. The number of rotatable bonds is 4. The number of aliphatic carboxylic acids is 1. The lowest BCUT2D eigenvalue weighted by molar-refractivity contribution is -0.174. The number of nitrogens with two attached hydrogens (primary N) is 1. The van der Waals surface area contributed by atoms with Crippen LogP contribution in [0.15, 0.2) is 30.3 Å². The molecule has 0 saturated carbocycles. The molecule has 1 aromatic rings. The molecule has 2 saturated heterocycles. The van der Waals surface area contributed by atoms with Gasteiger partial charge in [-0.25, -0.2) is 4.79 Å². The molecule has 134 valence electrons. The van der Waals surface area contributed by atoms with E-state index in [-0.39, 0.29) is 5.75 Å². The van der Waals surface area contributed by atoms with Gasteiger partial charge in [0.1, 0.15) is 23.1 Å². The summed E-state index contributed by atoms with van der Waals surface area (Å²) in [6.07, 6.45) is 0. The van der Waals surface area contributed by atoms with E-state index >= 15 is 0 Å². The molecule has 2 heterocycles. The molecule has 8 nitrogen and oxygen atoms in total. The molecule has 0 radical (unpaired) electrons. The van der Waals surface area contributed by atoms with Crippen LogP contribution in [0.5, 0.6) is 0 Å². The number of nitrogens with one attached hydrogen (secondary N) is 1. The summed E-state index contributed by atoms with van der Waals surface area (Å²) < 4.78 is 0. The zero-order valence-corrected chi connectivity index (χ0v) is 14.3. The Kier molecular flexibility index (Phi) is 4.48. The summed E-state index contributed by atoms with van der Waals surface area (Å²) in [6, 6.07) is 5.66. The molecule has 0 spiro atoms. The summed E-state index contributed by atoms with van der Waals surface area (Å²) in [5, 5.41) is 21.7. The highest BCUT2D eigenvalue weighted by molar-refractivity contribution is 8.00. The second kappa shape index (κ2) is 6.32. The van der Waals surface area contributed by atoms with Gasteiger partial charge in [0.25, 0.3) is 0 Å². The number of aliphatic hydroxyl groups is 1. The largest absolute Gasteiger partial charge is 0.480 e. The molecule has 0 bridgehead atoms. The lowest BCUT2D eigenvalue weighted by atomic mass is 9.91. The second-order valence-electron chi connectivity index (χ2n) is 6.42. The van der Waals surface area contributed by atoms with Gasteiger partial charge in [-0.15, -0.1) is 11.8 Å². The zero-order valence-electron chi connectivity index (χ0n) is 13.5. The summed E-state index contributed by atoms with van der Waals surface area (Å²) in [7, 11) is 0. The predicted molar refractivity (Wildman–Crippen MR) is 90.4 cm³/mol. The molecule has 0 aliphatic carbocycles. The van der Waals surface area contributed by atoms with Gasteiger partial charge in [0.05, 0.1) is 0 Å². The van der Waals surface area contributed by atoms with Crippen molar-refractivity contribution in [2.45, 2.75) is 36.0 Å². The van der Waals surface area contributed by atoms with Gasteiger partial charge in [-0.2, -0.15) is 0 Å². The van der Waals surface area contributed by atoms with Gasteiger partial charge in [-0.1, -0.05) is 30.3 Å². The Morgan fingerprint density at radius 2 is 2.04 bits per heavy atom. The van der Waals surface area contributed by atoms with Gasteiger partial charge in [-0.3, -0.25) is 9.59 Å². The summed E-state index contributed by atoms with van der Waals surface area (Å²) in [4.78, 5) is 37.3. The molecule has 25 heavy (non-hydrogen) atoms. The summed E-state index contributed by atoms with van der Waals surface area (Å²) in [6.45, 7) is 1.39. The van der Waals surface area contributed by atoms with E-state index in [2.05, 4.69) is 5.32 Å². The van der Waals surface area contributed by atoms with Crippen molar-refractivity contribution in [1.29, 1.82) is 0 Å². The number of β-lactam (4-membered cyclic amide) rings is 1. The number of benzene rings is 1. The van der Waals surface area contributed by atoms with Crippen LogP contribution in [-0.4, -0.2) is 61.7 Å². The predicted octanol–water partition coefficient (Wildman–Crippen LogP) is -0.709. The lowest BCUT2D eigenvalue weighted by Gasteiger charge is -2.56. The first-order valence-corrected chi connectivity index (χ1v) is 8.79. The Morgan fingerprint density at radius 3 is 2.64 bits per heavy atom. The second-order valence-corrected chi connectivity index (χ2v) is 7.52. The van der Waals surface area contributed by atoms with Crippen LogP contribution < -0.4 is 11.1 Å². The molecular formula is C16H19N3O5S. The Bertz CT molecular complexity index is 711. The fourth-order valence-electron chi connectivity index (χ4n) is 3.14. The maximum absolute atomic E-state index is 12.4. The van der Waals surface area contributed by atoms with Crippen molar-refractivity contribution in [3.63, 3.8) is 0 Å². The van der Waals surface area contributed by atoms with Crippen LogP contribution in [0, 0.1) is 0 Å². The molecule has 3 rings (SSSR count). The van der Waals surface area contributed by atoms with Crippen molar-refractivity contribution in [2.75, 3.05) is 5.75 Å². The van der Waals surface area contributed by atoms with E-state index in [0.29, 0.717) is 5.56 Å². The van der Waals surface area contributed by atoms with E-state index in [1.54, 1.807) is 30.3 Å². The van der Waals surface area contributed by atoms with Gasteiger partial charge < -0.3 is 26.2 Å². The fraction of sp³-hybridized carbons (Fsp3) is 0.438. The third-order valence-electron chi connectivity index (χ3n) is 4.47. The monoisotopic (exact) mass is 365 g/mol. The minimum Gasteiger partial charge on any atom is -0.480 e. The normalized spacial score (nSPS) is 32.4. The molecule has 2 aliphatic heterocycles. The SMILES string of the molecule is CC1(O)CS[C@@H]2[C@H](NC(=O)[C@H](N)c3ccccc3)C(=O)N2C1C(=O)O. The van der Waals surface area contributed by atoms with E-state index in [1.165, 1.54) is 18.7 Å². The van der Waals surface area contributed by atoms with Crippen molar-refractivity contribution in [3.05, 3.63) is 35.9 Å². The van der Waals surface area contributed by atoms with E-state index in [1.807, 2.05) is 0 Å². The highest BCUT2D eigenvalue weighted by Crippen LogP contribution is 2.42. The topological polar surface area (TPSA) is 133 Å². The third-order valence-corrected chi connectivity index (χ3v) is 6.06. The van der Waals surface area contributed by atoms with Crippen LogP contribution in [0.25, 0.3) is 0 Å². The number of carbonyl (C=O) groups excluding carboxylic acids is 2. The van der Waals surface area contributed by atoms with Crippen LogP contribution >= 0.6 is 11.8 Å². The van der Waals surface area contributed by atoms with E-state index in [9.17, 15) is 24.6 Å². The van der Waals surface area contributed by atoms with E-state index < -0.39 is 46.9 Å². The van der Waals surface area contributed by atoms with Crippen LogP contribution in [0.3, 0.4) is 0 Å². The number of hydrogen-bond acceptors (Lipinski definition) is 6. The van der Waals surface area contributed by atoms with Crippen LogP contribution in [0.1, 0.15) is 18.5 Å². The number of nitrogens with zero attached hydrogens (tertiary/aromatic N) is 1. The number of fused-ring (bicyclic) bond motifs is 1. The minimum atomic E-state index is -1.53. The standard InChI is InChI=1S/C16H19N3O5S/c1-16(24)7-25-14-10(13(21)19(14)11(16)15(22)23)18-12(20)9(17)8-5-3-2-4-6-8/h2-6,9-11,14,24H,7,17H2,1H3,(H,18,20)(H,22,23)/t9-,10-,11?,14-,16?/m1/s1. The number of carboxylic acid groups (broad SMARTS) is 1. The average molecular weight is 365 g/mol. The van der Waals surface area contributed by atoms with Gasteiger partial charge in [0, 0.05) is 5.75 Å². The van der Waals surface area contributed by atoms with E-state index in [0.717, 1.165) is 4.90 Å². The molecule has 2 aliphatic rings. The Labute approximate surface area is 148 Å². The Balaban J connectivity index is 1.71. The first kappa shape index (κ1) is 17.7. The fourth-order valence-corrected chi connectivity index (χ4v) is 4.57. The van der Waals surface area contributed by atoms with Crippen molar-refractivity contribution in [1.82, 2.24) is 10.2 Å². The number of carbonyl (C=O) groups is 3. The maximum Gasteiger partial charge on any atom is 0.329 e. The Hall–Kier alpha value is -2.10. The summed E-state index contributed by atoms with van der Waals surface area (Å²) in [5.41, 5.74) is 5.01. The lowest BCUT2D eigenvalue weighted by Crippen LogP contribution is -2.79. The third kappa shape index (κ3) is 2.99. The van der Waals surface area contributed by atoms with Crippen LogP contribution in [0.4, 0.5) is 0 Å². The van der Waals surface area contributed by atoms with Gasteiger partial charge in [-0.05, 0) is 12.5 Å². The molecule has 2 unspecified atom stereocenters. The Morgan fingerprint density at radius 1 is 1.40 bits per heavy atom. The molecule has 5 N–H and O–H groups in total. The van der Waals surface area contributed by atoms with Crippen molar-refractivity contribution in [3.8, 4) is 0 Å². The van der Waals surface area contributed by atoms with E-state index in [4.69, 9.17) is 5.73 Å². The van der Waals surface area contributed by atoms with Crippen molar-refractivity contribution < 1.29 is 24.6 Å². The average Bonchev–Trinajstić information content (AvgIpc) is 2.58. The summed E-state index contributed by atoms with van der Waals surface area (Å²) in [5.74, 6) is -2.16. The maximum atomic E-state index is 12.4. The van der Waals surface area contributed by atoms with Crippen LogP contribution in [-0.2, 0) is 14.4 Å². The highest BCUT2D eigenvalue weighted by atomic mass is 32.2. The first-order valence-electron chi connectivity index (χ1n) is 7.74. The molecule has 2 amide bonds. The van der Waals surface area contributed by atoms with Crippen LogP contribution in [0.2, 0.25) is 0 Å². The highest BCUT2D eigenvalue weighted by Gasteiger charge is 2.61. The molecule has 1 aromatic carbocycles. The molecule has 9 heteroatoms. The zero-order chi connectivity index (χ0) is 18.4. The van der Waals surface area contributed by atoms with Gasteiger partial charge in [0.15, 0.2) is 6.04 Å². The summed E-state index contributed by atoms with van der Waals surface area (Å²) >= 11 is 1.24.